The molecule has 0 saturated carbocycles. The molecule has 1 aliphatic rings. The van der Waals surface area contributed by atoms with Crippen LogP contribution in [-0.4, -0.2) is 43.4 Å². The molecule has 0 spiro atoms. The van der Waals surface area contributed by atoms with E-state index in [2.05, 4.69) is 33.6 Å². The lowest BCUT2D eigenvalue weighted by molar-refractivity contribution is -0.274. The molecule has 0 amide bonds. The van der Waals surface area contributed by atoms with Gasteiger partial charge in [-0.15, -0.1) is 13.2 Å². The highest BCUT2D eigenvalue weighted by atomic mass is 19.4. The number of hydrogen-bond acceptors (Lipinski definition) is 4. The number of likely N-dealkylation sites (N-methyl/N-ethyl adjacent to an activating group) is 1. The van der Waals surface area contributed by atoms with E-state index in [1.807, 2.05) is 14.1 Å². The maximum Gasteiger partial charge on any atom is 0.573 e. The van der Waals surface area contributed by atoms with Crippen molar-refractivity contribution in [1.82, 2.24) is 9.80 Å². The second kappa shape index (κ2) is 8.41. The van der Waals surface area contributed by atoms with Crippen LogP contribution >= 0.6 is 0 Å². The fourth-order valence-corrected chi connectivity index (χ4v) is 3.34. The van der Waals surface area contributed by atoms with Crippen LogP contribution in [0, 0.1) is 6.92 Å². The predicted octanol–water partition coefficient (Wildman–Crippen LogP) is 4.35. The molecule has 1 heterocycles. The fourth-order valence-electron chi connectivity index (χ4n) is 3.34. The summed E-state index contributed by atoms with van der Waals surface area (Å²) < 4.78 is 46.6. The predicted molar refractivity (Wildman–Crippen MR) is 101 cm³/mol. The molecular formula is C21H25F3N2O2. The molecule has 0 unspecified atom stereocenters. The van der Waals surface area contributed by atoms with Gasteiger partial charge in [0.05, 0.1) is 0 Å². The van der Waals surface area contributed by atoms with Crippen molar-refractivity contribution in [2.45, 2.75) is 32.9 Å². The third-order valence-corrected chi connectivity index (χ3v) is 4.68. The number of halogens is 3. The Hall–Kier alpha value is -2.25. The van der Waals surface area contributed by atoms with Crippen molar-refractivity contribution in [1.29, 1.82) is 0 Å². The minimum absolute atomic E-state index is 0.198. The first-order valence-electron chi connectivity index (χ1n) is 9.16. The topological polar surface area (TPSA) is 24.9 Å². The van der Waals surface area contributed by atoms with Crippen molar-refractivity contribution in [3.05, 3.63) is 58.7 Å². The van der Waals surface area contributed by atoms with E-state index >= 15 is 0 Å². The zero-order chi connectivity index (χ0) is 20.3. The van der Waals surface area contributed by atoms with E-state index < -0.39 is 6.36 Å². The summed E-state index contributed by atoms with van der Waals surface area (Å²) in [7, 11) is 4.02. The highest BCUT2D eigenvalue weighted by Gasteiger charge is 2.31. The molecule has 0 N–H and O–H groups in total. The van der Waals surface area contributed by atoms with E-state index in [1.165, 1.54) is 28.8 Å². The molecule has 2 aromatic carbocycles. The van der Waals surface area contributed by atoms with E-state index in [9.17, 15) is 13.2 Å². The summed E-state index contributed by atoms with van der Waals surface area (Å²) in [5.41, 5.74) is 4.70. The largest absolute Gasteiger partial charge is 0.573 e. The van der Waals surface area contributed by atoms with Crippen LogP contribution in [0.3, 0.4) is 0 Å². The molecule has 0 saturated heterocycles. The molecule has 3 rings (SSSR count). The molecule has 1 aliphatic heterocycles. The number of alkyl halides is 3. The normalized spacial score (nSPS) is 14.4. The number of benzene rings is 2. The van der Waals surface area contributed by atoms with Gasteiger partial charge in [0.2, 0.25) is 0 Å². The molecule has 0 bridgehead atoms. The van der Waals surface area contributed by atoms with Crippen molar-refractivity contribution in [3.63, 3.8) is 0 Å². The van der Waals surface area contributed by atoms with Gasteiger partial charge in [0.15, 0.2) is 0 Å². The van der Waals surface area contributed by atoms with E-state index in [1.54, 1.807) is 12.1 Å². The summed E-state index contributed by atoms with van der Waals surface area (Å²) in [6.45, 7) is 5.86. The van der Waals surface area contributed by atoms with Gasteiger partial charge in [-0.25, -0.2) is 0 Å². The molecule has 0 aromatic heterocycles. The number of rotatable bonds is 7. The van der Waals surface area contributed by atoms with E-state index in [-0.39, 0.29) is 5.75 Å². The molecular weight excluding hydrogens is 369 g/mol. The van der Waals surface area contributed by atoms with Crippen LogP contribution in [0.1, 0.15) is 22.3 Å². The standard InChI is InChI=1S/C21H25F3N2O2/c1-15-10-19(27-9-8-25(2)3)11-17-13-26(14-20(15)17)12-16-4-6-18(7-5-16)28-21(22,23)24/h4-7,10-11H,8-9,12-14H2,1-3H3. The maximum atomic E-state index is 12.3. The van der Waals surface area contributed by atoms with Gasteiger partial charge in [-0.2, -0.15) is 0 Å². The zero-order valence-electron chi connectivity index (χ0n) is 16.3. The molecule has 7 heteroatoms. The minimum Gasteiger partial charge on any atom is -0.492 e. The van der Waals surface area contributed by atoms with Crippen LogP contribution in [0.2, 0.25) is 0 Å². The maximum absolute atomic E-state index is 12.3. The number of ether oxygens (including phenoxy) is 2. The first-order valence-corrected chi connectivity index (χ1v) is 9.16. The van der Waals surface area contributed by atoms with Crippen molar-refractivity contribution in [2.75, 3.05) is 27.2 Å². The summed E-state index contributed by atoms with van der Waals surface area (Å²) in [5.74, 6) is 0.685. The van der Waals surface area contributed by atoms with Crippen molar-refractivity contribution >= 4 is 0 Å². The molecule has 0 aliphatic carbocycles. The highest BCUT2D eigenvalue weighted by Crippen LogP contribution is 2.31. The summed E-state index contributed by atoms with van der Waals surface area (Å²) >= 11 is 0. The van der Waals surface area contributed by atoms with Crippen LogP contribution < -0.4 is 9.47 Å². The Labute approximate surface area is 163 Å². The summed E-state index contributed by atoms with van der Waals surface area (Å²) in [6.07, 6.45) is -4.66. The molecule has 2 aromatic rings. The minimum atomic E-state index is -4.66. The Morgan fingerprint density at radius 1 is 1.04 bits per heavy atom. The molecule has 152 valence electrons. The van der Waals surface area contributed by atoms with E-state index in [0.29, 0.717) is 13.2 Å². The lowest BCUT2D eigenvalue weighted by Gasteiger charge is -2.15. The Morgan fingerprint density at radius 3 is 2.39 bits per heavy atom. The van der Waals surface area contributed by atoms with Crippen LogP contribution in [0.4, 0.5) is 13.2 Å². The van der Waals surface area contributed by atoms with Crippen molar-refractivity contribution in [2.24, 2.45) is 0 Å². The van der Waals surface area contributed by atoms with E-state index in [4.69, 9.17) is 4.74 Å². The monoisotopic (exact) mass is 394 g/mol. The van der Waals surface area contributed by atoms with Gasteiger partial charge in [0.1, 0.15) is 18.1 Å². The SMILES string of the molecule is Cc1cc(OCCN(C)C)cc2c1CN(Cc1ccc(OC(F)(F)F)cc1)C2. The van der Waals surface area contributed by atoms with Crippen molar-refractivity contribution in [3.8, 4) is 11.5 Å². The van der Waals surface area contributed by atoms with Crippen molar-refractivity contribution < 1.29 is 22.6 Å². The Balaban J connectivity index is 1.60. The quantitative estimate of drug-likeness (QED) is 0.697. The summed E-state index contributed by atoms with van der Waals surface area (Å²) in [5, 5.41) is 0. The van der Waals surface area contributed by atoms with Gasteiger partial charge in [-0.3, -0.25) is 4.90 Å². The smallest absolute Gasteiger partial charge is 0.492 e. The average molecular weight is 394 g/mol. The Kier molecular flexibility index (Phi) is 6.15. The van der Waals surface area contributed by atoms with Gasteiger partial charge in [0.25, 0.3) is 0 Å². The van der Waals surface area contributed by atoms with Gasteiger partial charge in [-0.1, -0.05) is 12.1 Å². The van der Waals surface area contributed by atoms with Crippen LogP contribution in [0.15, 0.2) is 36.4 Å². The second-order valence-corrected chi connectivity index (χ2v) is 7.37. The summed E-state index contributed by atoms with van der Waals surface area (Å²) in [4.78, 5) is 4.34. The van der Waals surface area contributed by atoms with Gasteiger partial charge in [-0.05, 0) is 67.5 Å². The third-order valence-electron chi connectivity index (χ3n) is 4.68. The molecule has 28 heavy (non-hydrogen) atoms. The number of hydrogen-bond donors (Lipinski definition) is 0. The Morgan fingerprint density at radius 2 is 1.75 bits per heavy atom. The molecule has 4 nitrogen and oxygen atoms in total. The Bertz CT molecular complexity index is 805. The highest BCUT2D eigenvalue weighted by molar-refractivity contribution is 5.44. The lowest BCUT2D eigenvalue weighted by atomic mass is 10.0. The van der Waals surface area contributed by atoms with Gasteiger partial charge < -0.3 is 14.4 Å². The molecule has 0 radical (unpaired) electrons. The second-order valence-electron chi connectivity index (χ2n) is 7.37. The van der Waals surface area contributed by atoms with Crippen LogP contribution in [-0.2, 0) is 19.6 Å². The first-order chi connectivity index (χ1) is 13.2. The number of fused-ring (bicyclic) bond motifs is 1. The third kappa shape index (κ3) is 5.62. The average Bonchev–Trinajstić information content (AvgIpc) is 2.98. The lowest BCUT2D eigenvalue weighted by Crippen LogP contribution is -2.19. The van der Waals surface area contributed by atoms with E-state index in [0.717, 1.165) is 30.9 Å². The first kappa shape index (κ1) is 20.5. The summed E-state index contributed by atoms with van der Waals surface area (Å²) in [6, 6.07) is 10.2. The number of nitrogens with zero attached hydrogens (tertiary/aromatic N) is 2. The molecule has 0 fully saturated rings. The van der Waals surface area contributed by atoms with Crippen LogP contribution in [0.5, 0.6) is 11.5 Å². The molecule has 0 atom stereocenters. The van der Waals surface area contributed by atoms with Gasteiger partial charge >= 0.3 is 6.36 Å². The fraction of sp³-hybridized carbons (Fsp3) is 0.429. The zero-order valence-corrected chi connectivity index (χ0v) is 16.3. The number of aryl methyl sites for hydroxylation is 1. The van der Waals surface area contributed by atoms with Crippen LogP contribution in [0.25, 0.3) is 0 Å². The van der Waals surface area contributed by atoms with Gasteiger partial charge in [0, 0.05) is 26.2 Å².